The molecule has 1 atom stereocenters. The number of quaternary nitrogens is 1. The number of benzene rings is 2. The molecule has 0 fully saturated rings. The number of aromatic nitrogens is 3. The molecule has 9 heteroatoms. The van der Waals surface area contributed by atoms with Gasteiger partial charge in [0.1, 0.15) is 12.6 Å². The van der Waals surface area contributed by atoms with E-state index in [-0.39, 0.29) is 30.2 Å². The minimum atomic E-state index is -0.195. The van der Waals surface area contributed by atoms with E-state index in [4.69, 9.17) is 0 Å². The summed E-state index contributed by atoms with van der Waals surface area (Å²) < 4.78 is 2.09. The summed E-state index contributed by atoms with van der Waals surface area (Å²) in [6.45, 7) is 2.76. The first-order valence-electron chi connectivity index (χ1n) is 10.5. The molecule has 0 unspecified atom stereocenters. The van der Waals surface area contributed by atoms with Crippen LogP contribution in [0.5, 0.6) is 0 Å². The van der Waals surface area contributed by atoms with Gasteiger partial charge in [0.25, 0.3) is 0 Å². The molecule has 32 heavy (non-hydrogen) atoms. The lowest BCUT2D eigenvalue weighted by Gasteiger charge is -2.29. The number of anilines is 2. The van der Waals surface area contributed by atoms with Crippen molar-refractivity contribution < 1.29 is 14.5 Å². The van der Waals surface area contributed by atoms with Gasteiger partial charge in [-0.2, -0.15) is 0 Å². The van der Waals surface area contributed by atoms with Gasteiger partial charge >= 0.3 is 0 Å². The first kappa shape index (κ1) is 22.0. The number of nitrogens with one attached hydrogen (secondary N) is 2. The molecule has 1 aliphatic heterocycles. The summed E-state index contributed by atoms with van der Waals surface area (Å²) in [5.41, 5.74) is 2.51. The average Bonchev–Trinajstić information content (AvgIpc) is 3.19. The third kappa shape index (κ3) is 4.68. The smallest absolute Gasteiger partial charge is 0.244 e. The first-order chi connectivity index (χ1) is 15.4. The van der Waals surface area contributed by atoms with Crippen molar-refractivity contribution in [2.24, 2.45) is 0 Å². The van der Waals surface area contributed by atoms with Crippen LogP contribution in [0.4, 0.5) is 11.4 Å². The molecule has 2 heterocycles. The van der Waals surface area contributed by atoms with Crippen molar-refractivity contribution in [2.45, 2.75) is 24.7 Å². The van der Waals surface area contributed by atoms with Crippen LogP contribution in [-0.4, -0.2) is 53.0 Å². The number of carbonyl (C=O) groups excluding carboxylic acids is 2. The van der Waals surface area contributed by atoms with Crippen LogP contribution in [-0.2, 0) is 16.1 Å². The predicted molar refractivity (Wildman–Crippen MR) is 125 cm³/mol. The Labute approximate surface area is 191 Å². The Kier molecular flexibility index (Phi) is 6.57. The van der Waals surface area contributed by atoms with E-state index in [0.29, 0.717) is 23.1 Å². The summed E-state index contributed by atoms with van der Waals surface area (Å²) in [5.74, 6) is 0.711. The van der Waals surface area contributed by atoms with E-state index in [1.807, 2.05) is 36.4 Å². The van der Waals surface area contributed by atoms with Crippen molar-refractivity contribution in [3.63, 3.8) is 0 Å². The fraction of sp³-hybridized carbons (Fsp3) is 0.304. The van der Waals surface area contributed by atoms with Crippen LogP contribution in [0, 0.1) is 0 Å². The number of rotatable bonds is 7. The minimum absolute atomic E-state index is 0.0133. The Morgan fingerprint density at radius 1 is 1.12 bits per heavy atom. The molecule has 0 bridgehead atoms. The van der Waals surface area contributed by atoms with Gasteiger partial charge in [-0.3, -0.25) is 14.2 Å². The van der Waals surface area contributed by atoms with E-state index >= 15 is 0 Å². The average molecular weight is 452 g/mol. The Morgan fingerprint density at radius 2 is 1.84 bits per heavy atom. The SMILES string of the molecule is C[C@@H](c1nnc(SCC(=O)N2CC(=O)Nc3ccccc32)n1Cc1ccccc1)[NH+](C)C. The van der Waals surface area contributed by atoms with Crippen LogP contribution in [0.15, 0.2) is 59.8 Å². The molecular formula is C23H27N6O2S+. The highest BCUT2D eigenvalue weighted by Crippen LogP contribution is 2.30. The summed E-state index contributed by atoms with van der Waals surface area (Å²) in [4.78, 5) is 27.9. The van der Waals surface area contributed by atoms with Gasteiger partial charge in [0.2, 0.25) is 11.8 Å². The normalized spacial score (nSPS) is 14.2. The molecule has 3 aromatic rings. The number of hydrogen-bond donors (Lipinski definition) is 2. The van der Waals surface area contributed by atoms with E-state index in [1.54, 1.807) is 6.07 Å². The number of amides is 2. The van der Waals surface area contributed by atoms with Crippen molar-refractivity contribution in [1.82, 2.24) is 14.8 Å². The highest BCUT2D eigenvalue weighted by molar-refractivity contribution is 7.99. The highest BCUT2D eigenvalue weighted by Gasteiger charge is 2.28. The molecule has 4 rings (SSSR count). The minimum Gasteiger partial charge on any atom is -0.331 e. The number of fused-ring (bicyclic) bond motifs is 1. The number of para-hydroxylation sites is 2. The van der Waals surface area contributed by atoms with Crippen molar-refractivity contribution >= 4 is 35.0 Å². The fourth-order valence-electron chi connectivity index (χ4n) is 3.56. The topological polar surface area (TPSA) is 84.6 Å². The van der Waals surface area contributed by atoms with E-state index in [9.17, 15) is 9.59 Å². The van der Waals surface area contributed by atoms with Gasteiger partial charge in [0.05, 0.1) is 37.8 Å². The van der Waals surface area contributed by atoms with Gasteiger partial charge in [0, 0.05) is 0 Å². The first-order valence-corrected chi connectivity index (χ1v) is 11.5. The number of carbonyl (C=O) groups is 2. The molecular weight excluding hydrogens is 424 g/mol. The standard InChI is InChI=1S/C23H26N6O2S/c1-16(27(2)3)22-25-26-23(29(22)13-17-9-5-4-6-10-17)32-15-21(31)28-14-20(30)24-18-11-7-8-12-19(18)28/h4-12,16H,13-15H2,1-3H3,(H,24,30)/p+1/t16-/m0/s1. The molecule has 2 aromatic carbocycles. The number of nitrogens with zero attached hydrogens (tertiary/aromatic N) is 4. The second-order valence-electron chi connectivity index (χ2n) is 8.05. The van der Waals surface area contributed by atoms with Gasteiger partial charge < -0.3 is 15.1 Å². The maximum atomic E-state index is 13.1. The zero-order valence-corrected chi connectivity index (χ0v) is 19.2. The van der Waals surface area contributed by atoms with Crippen LogP contribution in [0.1, 0.15) is 24.4 Å². The van der Waals surface area contributed by atoms with E-state index in [1.165, 1.54) is 21.6 Å². The van der Waals surface area contributed by atoms with Crippen LogP contribution >= 0.6 is 11.8 Å². The maximum Gasteiger partial charge on any atom is 0.244 e. The highest BCUT2D eigenvalue weighted by atomic mass is 32.2. The Balaban J connectivity index is 1.55. The monoisotopic (exact) mass is 451 g/mol. The van der Waals surface area contributed by atoms with Gasteiger partial charge in [-0.25, -0.2) is 0 Å². The Bertz CT molecular complexity index is 1110. The lowest BCUT2D eigenvalue weighted by molar-refractivity contribution is -0.890. The summed E-state index contributed by atoms with van der Waals surface area (Å²) in [5, 5.41) is 12.4. The second kappa shape index (κ2) is 9.54. The molecule has 2 amide bonds. The van der Waals surface area contributed by atoms with Crippen LogP contribution in [0.25, 0.3) is 0 Å². The summed E-state index contributed by atoms with van der Waals surface area (Å²) in [6, 6.07) is 17.6. The van der Waals surface area contributed by atoms with Crippen LogP contribution in [0.2, 0.25) is 0 Å². The molecule has 0 aliphatic carbocycles. The van der Waals surface area contributed by atoms with Crippen molar-refractivity contribution in [3.8, 4) is 0 Å². The molecule has 1 aliphatic rings. The molecule has 0 spiro atoms. The molecule has 166 valence electrons. The van der Waals surface area contributed by atoms with E-state index in [0.717, 1.165) is 11.4 Å². The Hall–Kier alpha value is -3.17. The molecule has 0 saturated carbocycles. The van der Waals surface area contributed by atoms with Gasteiger partial charge in [-0.05, 0) is 24.6 Å². The zero-order valence-electron chi connectivity index (χ0n) is 18.4. The van der Waals surface area contributed by atoms with Gasteiger partial charge in [0.15, 0.2) is 11.0 Å². The van der Waals surface area contributed by atoms with Crippen LogP contribution in [0.3, 0.4) is 0 Å². The van der Waals surface area contributed by atoms with Crippen molar-refractivity contribution in [2.75, 3.05) is 36.6 Å². The van der Waals surface area contributed by atoms with E-state index in [2.05, 4.69) is 53.2 Å². The van der Waals surface area contributed by atoms with Gasteiger partial charge in [-0.1, -0.05) is 54.2 Å². The lowest BCUT2D eigenvalue weighted by atomic mass is 10.2. The second-order valence-corrected chi connectivity index (χ2v) is 8.99. The molecule has 2 N–H and O–H groups in total. The van der Waals surface area contributed by atoms with Crippen molar-refractivity contribution in [1.29, 1.82) is 0 Å². The van der Waals surface area contributed by atoms with Crippen LogP contribution < -0.4 is 15.1 Å². The predicted octanol–water partition coefficient (Wildman–Crippen LogP) is 1.61. The molecule has 0 saturated heterocycles. The third-order valence-corrected chi connectivity index (χ3v) is 6.53. The zero-order chi connectivity index (χ0) is 22.7. The fourth-order valence-corrected chi connectivity index (χ4v) is 4.38. The maximum absolute atomic E-state index is 13.1. The summed E-state index contributed by atoms with van der Waals surface area (Å²) >= 11 is 1.35. The summed E-state index contributed by atoms with van der Waals surface area (Å²) in [7, 11) is 4.17. The molecule has 1 aromatic heterocycles. The quantitative estimate of drug-likeness (QED) is 0.533. The third-order valence-electron chi connectivity index (χ3n) is 5.58. The van der Waals surface area contributed by atoms with Gasteiger partial charge in [-0.15, -0.1) is 10.2 Å². The Morgan fingerprint density at radius 3 is 2.59 bits per heavy atom. The number of hydrogen-bond acceptors (Lipinski definition) is 5. The number of thioether (sulfide) groups is 1. The molecule has 0 radical (unpaired) electrons. The lowest BCUT2D eigenvalue weighted by Crippen LogP contribution is -3.05. The van der Waals surface area contributed by atoms with E-state index < -0.39 is 0 Å². The molecule has 8 nitrogen and oxygen atoms in total. The largest absolute Gasteiger partial charge is 0.331 e. The van der Waals surface area contributed by atoms with Crippen molar-refractivity contribution in [3.05, 3.63) is 66.0 Å². The summed E-state index contributed by atoms with van der Waals surface area (Å²) in [6.07, 6.45) is 0.